The molecule has 0 fully saturated rings. The van der Waals surface area contributed by atoms with Crippen LogP contribution in [0.4, 0.5) is 15.9 Å². The smallest absolute Gasteiger partial charge is 0.146 e. The van der Waals surface area contributed by atoms with Gasteiger partial charge in [0.05, 0.1) is 15.9 Å². The number of nitrogens with two attached hydrogens (primary N) is 2. The highest BCUT2D eigenvalue weighted by atomic mass is 32.1. The first-order valence-electron chi connectivity index (χ1n) is 5.86. The molecule has 0 unspecified atom stereocenters. The Balaban J connectivity index is 1.98. The molecule has 2 aromatic heterocycles. The SMILES string of the molecule is Nc1ccc(C=Cc2csc3c(N)ncnc23)cc1F. The zero-order valence-electron chi connectivity index (χ0n) is 10.4. The Morgan fingerprint density at radius 2 is 2.00 bits per heavy atom. The Kier molecular flexibility index (Phi) is 3.08. The molecule has 0 aliphatic heterocycles. The van der Waals surface area contributed by atoms with Gasteiger partial charge in [-0.15, -0.1) is 11.3 Å². The van der Waals surface area contributed by atoms with Crippen LogP contribution in [0.3, 0.4) is 0 Å². The lowest BCUT2D eigenvalue weighted by Crippen LogP contribution is -1.90. The minimum atomic E-state index is -0.422. The van der Waals surface area contributed by atoms with E-state index in [2.05, 4.69) is 9.97 Å². The normalized spacial score (nSPS) is 11.4. The zero-order chi connectivity index (χ0) is 14.1. The number of hydrogen-bond donors (Lipinski definition) is 2. The molecule has 0 bridgehead atoms. The molecule has 100 valence electrons. The van der Waals surface area contributed by atoms with Gasteiger partial charge in [0, 0.05) is 10.9 Å². The van der Waals surface area contributed by atoms with Gasteiger partial charge in [-0.1, -0.05) is 18.2 Å². The van der Waals surface area contributed by atoms with Crippen molar-refractivity contribution in [1.29, 1.82) is 0 Å². The Morgan fingerprint density at radius 1 is 1.15 bits per heavy atom. The molecule has 0 radical (unpaired) electrons. The largest absolute Gasteiger partial charge is 0.396 e. The van der Waals surface area contributed by atoms with Crippen LogP contribution >= 0.6 is 11.3 Å². The molecule has 0 amide bonds. The van der Waals surface area contributed by atoms with Crippen molar-refractivity contribution in [2.75, 3.05) is 11.5 Å². The highest BCUT2D eigenvalue weighted by Crippen LogP contribution is 2.28. The summed E-state index contributed by atoms with van der Waals surface area (Å²) >= 11 is 1.49. The third-order valence-corrected chi connectivity index (χ3v) is 3.90. The van der Waals surface area contributed by atoms with Crippen molar-refractivity contribution < 1.29 is 4.39 Å². The lowest BCUT2D eigenvalue weighted by Gasteiger charge is -1.98. The minimum Gasteiger partial charge on any atom is -0.396 e. The third kappa shape index (κ3) is 2.21. The number of fused-ring (bicyclic) bond motifs is 1. The van der Waals surface area contributed by atoms with Gasteiger partial charge in [0.25, 0.3) is 0 Å². The van der Waals surface area contributed by atoms with E-state index in [4.69, 9.17) is 11.5 Å². The average molecular weight is 286 g/mol. The molecule has 0 atom stereocenters. The number of thiophene rings is 1. The maximum atomic E-state index is 13.4. The predicted octanol–water partition coefficient (Wildman–Crippen LogP) is 3.17. The Hall–Kier alpha value is -2.47. The van der Waals surface area contributed by atoms with Crippen molar-refractivity contribution in [2.45, 2.75) is 0 Å². The molecule has 6 heteroatoms. The fourth-order valence-corrected chi connectivity index (χ4v) is 2.73. The lowest BCUT2D eigenvalue weighted by atomic mass is 10.1. The van der Waals surface area contributed by atoms with E-state index < -0.39 is 5.82 Å². The van der Waals surface area contributed by atoms with E-state index in [-0.39, 0.29) is 5.69 Å². The van der Waals surface area contributed by atoms with Gasteiger partial charge in [0.1, 0.15) is 18.0 Å². The van der Waals surface area contributed by atoms with Crippen LogP contribution in [0.2, 0.25) is 0 Å². The Bertz CT molecular complexity index is 810. The highest BCUT2D eigenvalue weighted by molar-refractivity contribution is 7.18. The second-order valence-corrected chi connectivity index (χ2v) is 5.12. The summed E-state index contributed by atoms with van der Waals surface area (Å²) in [4.78, 5) is 8.17. The first-order valence-corrected chi connectivity index (χ1v) is 6.74. The second-order valence-electron chi connectivity index (χ2n) is 4.24. The van der Waals surface area contributed by atoms with Crippen LogP contribution in [0.25, 0.3) is 22.4 Å². The van der Waals surface area contributed by atoms with E-state index in [0.29, 0.717) is 5.82 Å². The number of benzene rings is 1. The fraction of sp³-hybridized carbons (Fsp3) is 0. The fourth-order valence-electron chi connectivity index (χ4n) is 1.84. The molecule has 0 saturated heterocycles. The number of nitrogens with zero attached hydrogens (tertiary/aromatic N) is 2. The van der Waals surface area contributed by atoms with E-state index in [1.165, 1.54) is 23.7 Å². The summed E-state index contributed by atoms with van der Waals surface area (Å²) in [5.41, 5.74) is 13.8. The van der Waals surface area contributed by atoms with Crippen molar-refractivity contribution in [1.82, 2.24) is 9.97 Å². The lowest BCUT2D eigenvalue weighted by molar-refractivity contribution is 0.632. The van der Waals surface area contributed by atoms with Gasteiger partial charge in [0.15, 0.2) is 0 Å². The second kappa shape index (κ2) is 4.90. The molecule has 3 rings (SSSR count). The molecular formula is C14H11FN4S. The maximum Gasteiger partial charge on any atom is 0.146 e. The molecule has 0 aliphatic rings. The van der Waals surface area contributed by atoms with E-state index in [9.17, 15) is 4.39 Å². The van der Waals surface area contributed by atoms with Crippen LogP contribution in [-0.2, 0) is 0 Å². The van der Waals surface area contributed by atoms with Crippen LogP contribution in [0.1, 0.15) is 11.1 Å². The molecule has 4 N–H and O–H groups in total. The van der Waals surface area contributed by atoms with E-state index in [0.717, 1.165) is 21.3 Å². The van der Waals surface area contributed by atoms with Crippen LogP contribution in [0.15, 0.2) is 29.9 Å². The van der Waals surface area contributed by atoms with Gasteiger partial charge in [-0.25, -0.2) is 14.4 Å². The van der Waals surface area contributed by atoms with Gasteiger partial charge in [-0.3, -0.25) is 0 Å². The molecular weight excluding hydrogens is 275 g/mol. The number of nitrogen functional groups attached to an aromatic ring is 2. The predicted molar refractivity (Wildman–Crippen MR) is 81.6 cm³/mol. The Labute approximate surface area is 118 Å². The Morgan fingerprint density at radius 3 is 2.80 bits per heavy atom. The van der Waals surface area contributed by atoms with E-state index in [1.807, 2.05) is 17.5 Å². The maximum absolute atomic E-state index is 13.4. The molecule has 4 nitrogen and oxygen atoms in total. The molecule has 1 aromatic carbocycles. The van der Waals surface area contributed by atoms with Crippen molar-refractivity contribution in [3.8, 4) is 0 Å². The first kappa shape index (κ1) is 12.6. The van der Waals surface area contributed by atoms with Gasteiger partial charge in [-0.2, -0.15) is 0 Å². The van der Waals surface area contributed by atoms with Gasteiger partial charge >= 0.3 is 0 Å². The number of hydrogen-bond acceptors (Lipinski definition) is 5. The molecule has 0 aliphatic carbocycles. The quantitative estimate of drug-likeness (QED) is 0.709. The summed E-state index contributed by atoms with van der Waals surface area (Å²) in [5, 5.41) is 1.94. The summed E-state index contributed by atoms with van der Waals surface area (Å²) in [5.74, 6) is 0.0482. The number of aromatic nitrogens is 2. The van der Waals surface area contributed by atoms with Crippen molar-refractivity contribution in [3.63, 3.8) is 0 Å². The van der Waals surface area contributed by atoms with E-state index in [1.54, 1.807) is 12.1 Å². The van der Waals surface area contributed by atoms with Gasteiger partial charge in [0.2, 0.25) is 0 Å². The van der Waals surface area contributed by atoms with Crippen molar-refractivity contribution in [3.05, 3.63) is 46.9 Å². The topological polar surface area (TPSA) is 77.8 Å². The molecule has 3 aromatic rings. The average Bonchev–Trinajstić information content (AvgIpc) is 2.85. The number of anilines is 2. The minimum absolute atomic E-state index is 0.142. The summed E-state index contributed by atoms with van der Waals surface area (Å²) < 4.78 is 14.2. The van der Waals surface area contributed by atoms with Crippen molar-refractivity contribution in [2.24, 2.45) is 0 Å². The van der Waals surface area contributed by atoms with Crippen LogP contribution < -0.4 is 11.5 Å². The monoisotopic (exact) mass is 286 g/mol. The number of halogens is 1. The summed E-state index contributed by atoms with van der Waals surface area (Å²) in [7, 11) is 0. The highest BCUT2D eigenvalue weighted by Gasteiger charge is 2.06. The zero-order valence-corrected chi connectivity index (χ0v) is 11.2. The van der Waals surface area contributed by atoms with Crippen LogP contribution in [-0.4, -0.2) is 9.97 Å². The standard InChI is InChI=1S/C14H11FN4S/c15-10-5-8(2-4-11(10)16)1-3-9-6-20-13-12(9)18-7-19-14(13)17/h1-7H,16H2,(H2,17,18,19). The van der Waals surface area contributed by atoms with Gasteiger partial charge in [-0.05, 0) is 17.7 Å². The molecule has 20 heavy (non-hydrogen) atoms. The number of rotatable bonds is 2. The summed E-state index contributed by atoms with van der Waals surface area (Å²) in [6.07, 6.45) is 5.11. The molecule has 0 spiro atoms. The third-order valence-electron chi connectivity index (χ3n) is 2.89. The van der Waals surface area contributed by atoms with Crippen LogP contribution in [0, 0.1) is 5.82 Å². The summed E-state index contributed by atoms with van der Waals surface area (Å²) in [6.45, 7) is 0. The van der Waals surface area contributed by atoms with Crippen LogP contribution in [0.5, 0.6) is 0 Å². The van der Waals surface area contributed by atoms with E-state index >= 15 is 0 Å². The molecule has 2 heterocycles. The van der Waals surface area contributed by atoms with Gasteiger partial charge < -0.3 is 11.5 Å². The molecule has 0 saturated carbocycles. The van der Waals surface area contributed by atoms with Crippen molar-refractivity contribution >= 4 is 45.2 Å². The summed E-state index contributed by atoms with van der Waals surface area (Å²) in [6, 6.07) is 4.69. The first-order chi connectivity index (χ1) is 9.65.